The number of nitrogens with two attached hydrogens (primary N) is 1. The van der Waals surface area contributed by atoms with Gasteiger partial charge in [-0.2, -0.15) is 0 Å². The topological polar surface area (TPSA) is 88.0 Å². The zero-order chi connectivity index (χ0) is 14.5. The summed E-state index contributed by atoms with van der Waals surface area (Å²) in [4.78, 5) is 27.0. The minimum absolute atomic E-state index is 0.148. The number of hydrogen-bond donors (Lipinski definition) is 3. The number of halogens is 1. The van der Waals surface area contributed by atoms with Crippen molar-refractivity contribution in [3.63, 3.8) is 0 Å². The number of carbonyl (C=O) groups excluding carboxylic acids is 2. The number of aromatic nitrogens is 1. The van der Waals surface area contributed by atoms with E-state index in [1.807, 2.05) is 6.07 Å². The highest BCUT2D eigenvalue weighted by Gasteiger charge is 2.11. The molecule has 0 aliphatic rings. The van der Waals surface area contributed by atoms with E-state index in [-0.39, 0.29) is 11.7 Å². The first-order valence-electron chi connectivity index (χ1n) is 5.71. The van der Waals surface area contributed by atoms with Gasteiger partial charge in [0.05, 0.1) is 5.75 Å². The molecule has 0 atom stereocenters. The Bertz CT molecular complexity index is 629. The minimum Gasteiger partial charge on any atom is -0.399 e. The molecule has 0 radical (unpaired) electrons. The molecule has 7 heteroatoms. The van der Waals surface area contributed by atoms with Crippen LogP contribution in [0, 0.1) is 0 Å². The van der Waals surface area contributed by atoms with Crippen LogP contribution in [0.3, 0.4) is 0 Å². The molecule has 4 N–H and O–H groups in total. The van der Waals surface area contributed by atoms with Gasteiger partial charge in [0.25, 0.3) is 5.91 Å². The van der Waals surface area contributed by atoms with Crippen LogP contribution in [0.2, 0.25) is 0 Å². The molecule has 104 valence electrons. The highest BCUT2D eigenvalue weighted by molar-refractivity contribution is 9.10. The van der Waals surface area contributed by atoms with Gasteiger partial charge in [-0.25, -0.2) is 0 Å². The van der Waals surface area contributed by atoms with E-state index in [1.54, 1.807) is 30.5 Å². The van der Waals surface area contributed by atoms with Gasteiger partial charge in [0.1, 0.15) is 5.69 Å². The fourth-order valence-corrected chi connectivity index (χ4v) is 2.94. The van der Waals surface area contributed by atoms with Crippen molar-refractivity contribution in [1.82, 2.24) is 10.3 Å². The number of benzene rings is 1. The van der Waals surface area contributed by atoms with Gasteiger partial charge in [-0.15, -0.1) is 11.8 Å². The van der Waals surface area contributed by atoms with Crippen LogP contribution < -0.4 is 11.1 Å². The molecule has 20 heavy (non-hydrogen) atoms. The lowest BCUT2D eigenvalue weighted by Crippen LogP contribution is -2.32. The monoisotopic (exact) mass is 353 g/mol. The Balaban J connectivity index is 1.88. The zero-order valence-electron chi connectivity index (χ0n) is 10.4. The van der Waals surface area contributed by atoms with Crippen molar-refractivity contribution in [2.24, 2.45) is 0 Å². The predicted octanol–water partition coefficient (Wildman–Crippen LogP) is 2.41. The highest BCUT2D eigenvalue weighted by Crippen LogP contribution is 2.28. The molecule has 0 aliphatic carbocycles. The number of nitrogen functional groups attached to an aromatic ring is 1. The maximum Gasteiger partial charge on any atom is 0.274 e. The third kappa shape index (κ3) is 3.88. The lowest BCUT2D eigenvalue weighted by atomic mass is 10.3. The van der Waals surface area contributed by atoms with E-state index in [9.17, 15) is 9.59 Å². The summed E-state index contributed by atoms with van der Waals surface area (Å²) in [6.45, 7) is 0. The third-order valence-corrected chi connectivity index (χ3v) is 4.40. The van der Waals surface area contributed by atoms with Crippen LogP contribution in [-0.2, 0) is 4.79 Å². The van der Waals surface area contributed by atoms with Crippen molar-refractivity contribution < 1.29 is 9.59 Å². The normalized spacial score (nSPS) is 10.2. The molecule has 1 heterocycles. The number of hydrogen-bond acceptors (Lipinski definition) is 4. The quantitative estimate of drug-likeness (QED) is 0.581. The molecule has 0 saturated heterocycles. The Morgan fingerprint density at radius 1 is 1.35 bits per heavy atom. The van der Waals surface area contributed by atoms with Gasteiger partial charge in [-0.1, -0.05) is 0 Å². The van der Waals surface area contributed by atoms with Crippen molar-refractivity contribution in [3.8, 4) is 0 Å². The van der Waals surface area contributed by atoms with Gasteiger partial charge < -0.3 is 10.7 Å². The van der Waals surface area contributed by atoms with Gasteiger partial charge in [0.2, 0.25) is 5.91 Å². The Hall–Kier alpha value is -1.73. The van der Waals surface area contributed by atoms with Crippen LogP contribution in [0.15, 0.2) is 45.9 Å². The number of nitrogens with one attached hydrogen (secondary N) is 2. The molecule has 2 aromatic rings. The van der Waals surface area contributed by atoms with Crippen LogP contribution >= 0.6 is 27.7 Å². The summed E-state index contributed by atoms with van der Waals surface area (Å²) >= 11 is 4.70. The molecule has 1 aromatic heterocycles. The summed E-state index contributed by atoms with van der Waals surface area (Å²) < 4.78 is 0.825. The lowest BCUT2D eigenvalue weighted by molar-refractivity contribution is -0.117. The SMILES string of the molecule is Nc1ccc(SCC(=O)NC(=O)c2ccc[nH]2)c(Br)c1. The predicted molar refractivity (Wildman–Crippen MR) is 82.5 cm³/mol. The molecular formula is C13H12BrN3O2S. The fraction of sp³-hybridized carbons (Fsp3) is 0.0769. The second-order valence-electron chi connectivity index (χ2n) is 3.94. The second-order valence-corrected chi connectivity index (χ2v) is 5.81. The Kier molecular flexibility index (Phi) is 4.86. The van der Waals surface area contributed by atoms with Crippen molar-refractivity contribution >= 4 is 45.2 Å². The van der Waals surface area contributed by atoms with E-state index in [0.29, 0.717) is 11.4 Å². The maximum absolute atomic E-state index is 11.7. The van der Waals surface area contributed by atoms with E-state index >= 15 is 0 Å². The summed E-state index contributed by atoms with van der Waals surface area (Å²) in [7, 11) is 0. The van der Waals surface area contributed by atoms with E-state index in [0.717, 1.165) is 9.37 Å². The third-order valence-electron chi connectivity index (χ3n) is 2.41. The van der Waals surface area contributed by atoms with Gasteiger partial charge >= 0.3 is 0 Å². The number of amides is 2. The van der Waals surface area contributed by atoms with Crippen LogP contribution in [0.5, 0.6) is 0 Å². The number of imide groups is 1. The Morgan fingerprint density at radius 2 is 2.15 bits per heavy atom. The average Bonchev–Trinajstić information content (AvgIpc) is 2.91. The summed E-state index contributed by atoms with van der Waals surface area (Å²) in [5, 5.41) is 2.31. The van der Waals surface area contributed by atoms with Crippen molar-refractivity contribution in [2.45, 2.75) is 4.90 Å². The lowest BCUT2D eigenvalue weighted by Gasteiger charge is -2.05. The molecule has 0 aliphatic heterocycles. The van der Waals surface area contributed by atoms with Crippen LogP contribution in [0.25, 0.3) is 0 Å². The van der Waals surface area contributed by atoms with E-state index in [2.05, 4.69) is 26.2 Å². The summed E-state index contributed by atoms with van der Waals surface area (Å²) in [6, 6.07) is 8.65. The van der Waals surface area contributed by atoms with E-state index < -0.39 is 5.91 Å². The molecule has 2 rings (SSSR count). The standard InChI is InChI=1S/C13H12BrN3O2S/c14-9-6-8(15)3-4-11(9)20-7-12(18)17-13(19)10-2-1-5-16-10/h1-6,16H,7,15H2,(H,17,18,19). The highest BCUT2D eigenvalue weighted by atomic mass is 79.9. The van der Waals surface area contributed by atoms with Crippen LogP contribution in [0.4, 0.5) is 5.69 Å². The van der Waals surface area contributed by atoms with Gasteiger partial charge in [-0.05, 0) is 46.3 Å². The summed E-state index contributed by atoms with van der Waals surface area (Å²) in [5.41, 5.74) is 6.64. The molecule has 5 nitrogen and oxygen atoms in total. The summed E-state index contributed by atoms with van der Waals surface area (Å²) in [6.07, 6.45) is 1.62. The second kappa shape index (κ2) is 6.62. The number of aromatic amines is 1. The first-order valence-corrected chi connectivity index (χ1v) is 7.49. The van der Waals surface area contributed by atoms with Crippen LogP contribution in [-0.4, -0.2) is 22.6 Å². The smallest absolute Gasteiger partial charge is 0.274 e. The molecule has 1 aromatic carbocycles. The van der Waals surface area contributed by atoms with Gasteiger partial charge in [0.15, 0.2) is 0 Å². The molecule has 0 spiro atoms. The molecule has 0 bridgehead atoms. The number of H-pyrrole nitrogens is 1. The zero-order valence-corrected chi connectivity index (χ0v) is 12.8. The van der Waals surface area contributed by atoms with Gasteiger partial charge in [0, 0.05) is 21.3 Å². The molecule has 0 saturated carbocycles. The van der Waals surface area contributed by atoms with Gasteiger partial charge in [-0.3, -0.25) is 14.9 Å². The van der Waals surface area contributed by atoms with E-state index in [4.69, 9.17) is 5.73 Å². The Labute approximate surface area is 128 Å². The molecule has 2 amide bonds. The number of thioether (sulfide) groups is 1. The average molecular weight is 354 g/mol. The Morgan fingerprint density at radius 3 is 2.80 bits per heavy atom. The van der Waals surface area contributed by atoms with Crippen molar-refractivity contribution in [2.75, 3.05) is 11.5 Å². The minimum atomic E-state index is -0.433. The van der Waals surface area contributed by atoms with E-state index in [1.165, 1.54) is 11.8 Å². The largest absolute Gasteiger partial charge is 0.399 e. The maximum atomic E-state index is 11.7. The summed E-state index contributed by atoms with van der Waals surface area (Å²) in [5.74, 6) is -0.634. The fourth-order valence-electron chi connectivity index (χ4n) is 1.48. The molecule has 0 fully saturated rings. The first kappa shape index (κ1) is 14.7. The van der Waals surface area contributed by atoms with Crippen LogP contribution in [0.1, 0.15) is 10.5 Å². The van der Waals surface area contributed by atoms with Crippen molar-refractivity contribution in [1.29, 1.82) is 0 Å². The first-order chi connectivity index (χ1) is 9.56. The van der Waals surface area contributed by atoms with Crippen molar-refractivity contribution in [3.05, 3.63) is 46.7 Å². The molecular weight excluding hydrogens is 342 g/mol. The number of rotatable bonds is 4. The number of anilines is 1. The number of carbonyl (C=O) groups is 2. The molecule has 0 unspecified atom stereocenters.